The average Bonchev–Trinajstić information content (AvgIpc) is 3.31. The van der Waals surface area contributed by atoms with Gasteiger partial charge >= 0.3 is 12.3 Å². The van der Waals surface area contributed by atoms with Gasteiger partial charge in [-0.2, -0.15) is 0 Å². The van der Waals surface area contributed by atoms with Gasteiger partial charge in [-0.3, -0.25) is 14.2 Å². The minimum atomic E-state index is -4.86. The van der Waals surface area contributed by atoms with Crippen molar-refractivity contribution >= 4 is 51.3 Å². The molecule has 0 aliphatic carbocycles. The molecular formula is C28H21F3N4O5S. The van der Waals surface area contributed by atoms with E-state index in [1.807, 2.05) is 0 Å². The maximum absolute atomic E-state index is 13.6. The number of aromatic nitrogens is 3. The van der Waals surface area contributed by atoms with E-state index in [-0.39, 0.29) is 28.7 Å². The second-order valence-electron chi connectivity index (χ2n) is 8.61. The van der Waals surface area contributed by atoms with E-state index in [4.69, 9.17) is 4.74 Å². The Hall–Kier alpha value is -4.78. The number of para-hydroxylation sites is 1. The number of aromatic amines is 1. The number of rotatable bonds is 8. The van der Waals surface area contributed by atoms with Crippen LogP contribution >= 0.6 is 11.8 Å². The predicted molar refractivity (Wildman–Crippen MR) is 148 cm³/mol. The second kappa shape index (κ2) is 11.4. The molecule has 0 fully saturated rings. The highest BCUT2D eigenvalue weighted by Gasteiger charge is 2.31. The van der Waals surface area contributed by atoms with Crippen molar-refractivity contribution in [2.24, 2.45) is 0 Å². The van der Waals surface area contributed by atoms with E-state index in [1.54, 1.807) is 43.3 Å². The standard InChI is InChI=1S/C28H21F3N4O5S/c1-2-39-26(38)16-7-9-17(10-8-16)32-22(36)15-41-27-34-23-20-5-3-4-6-21(20)33-24(23)25(37)35(27)18-11-13-19(14-12-18)40-28(29,30)31/h3-14,33H,2,15H2,1H3,(H,32,36). The Morgan fingerprint density at radius 2 is 1.73 bits per heavy atom. The van der Waals surface area contributed by atoms with Gasteiger partial charge in [0.05, 0.1) is 23.6 Å². The van der Waals surface area contributed by atoms with Crippen LogP contribution in [0.25, 0.3) is 27.6 Å². The summed E-state index contributed by atoms with van der Waals surface area (Å²) < 4.78 is 48.0. The number of carbonyl (C=O) groups excluding carboxylic acids is 2. The van der Waals surface area contributed by atoms with Crippen molar-refractivity contribution in [2.75, 3.05) is 17.7 Å². The molecular weight excluding hydrogens is 561 g/mol. The lowest BCUT2D eigenvalue weighted by Crippen LogP contribution is -2.23. The van der Waals surface area contributed by atoms with Gasteiger partial charge in [0.15, 0.2) is 5.16 Å². The van der Waals surface area contributed by atoms with E-state index in [9.17, 15) is 27.6 Å². The number of thioether (sulfide) groups is 1. The summed E-state index contributed by atoms with van der Waals surface area (Å²) in [7, 11) is 0. The van der Waals surface area contributed by atoms with Crippen LogP contribution in [0, 0.1) is 0 Å². The van der Waals surface area contributed by atoms with Crippen LogP contribution in [0.5, 0.6) is 5.75 Å². The van der Waals surface area contributed by atoms with Crippen molar-refractivity contribution in [2.45, 2.75) is 18.4 Å². The third-order valence-corrected chi connectivity index (χ3v) is 6.77. The number of hydrogen-bond acceptors (Lipinski definition) is 7. The molecule has 2 aromatic heterocycles. The highest BCUT2D eigenvalue weighted by molar-refractivity contribution is 7.99. The summed E-state index contributed by atoms with van der Waals surface area (Å²) in [5.74, 6) is -1.48. The highest BCUT2D eigenvalue weighted by Crippen LogP contribution is 2.28. The molecule has 13 heteroatoms. The number of amides is 1. The Morgan fingerprint density at radius 1 is 1.02 bits per heavy atom. The van der Waals surface area contributed by atoms with Gasteiger partial charge in [-0.25, -0.2) is 9.78 Å². The maximum atomic E-state index is 13.6. The third-order valence-electron chi connectivity index (χ3n) is 5.84. The van der Waals surface area contributed by atoms with Gasteiger partial charge in [0.25, 0.3) is 5.56 Å². The number of ether oxygens (including phenoxy) is 2. The number of esters is 1. The van der Waals surface area contributed by atoms with Crippen molar-refractivity contribution in [3.05, 3.63) is 88.7 Å². The normalized spacial score (nSPS) is 11.5. The van der Waals surface area contributed by atoms with Gasteiger partial charge in [0, 0.05) is 16.6 Å². The highest BCUT2D eigenvalue weighted by atomic mass is 32.2. The van der Waals surface area contributed by atoms with E-state index >= 15 is 0 Å². The van der Waals surface area contributed by atoms with Gasteiger partial charge < -0.3 is 19.8 Å². The van der Waals surface area contributed by atoms with Gasteiger partial charge in [0.1, 0.15) is 16.8 Å². The first-order chi connectivity index (χ1) is 19.6. The third kappa shape index (κ3) is 6.19. The number of hydrogen-bond donors (Lipinski definition) is 2. The van der Waals surface area contributed by atoms with Gasteiger partial charge in [0.2, 0.25) is 5.91 Å². The fourth-order valence-electron chi connectivity index (χ4n) is 4.09. The molecule has 0 saturated heterocycles. The molecule has 0 spiro atoms. The molecule has 5 aromatic rings. The number of fused-ring (bicyclic) bond motifs is 3. The number of benzene rings is 3. The fourth-order valence-corrected chi connectivity index (χ4v) is 4.90. The summed E-state index contributed by atoms with van der Waals surface area (Å²) in [6, 6.07) is 18.1. The Balaban J connectivity index is 1.44. The molecule has 0 atom stereocenters. The molecule has 9 nitrogen and oxygen atoms in total. The summed E-state index contributed by atoms with van der Waals surface area (Å²) >= 11 is 0.980. The molecule has 2 heterocycles. The number of anilines is 1. The molecule has 5 rings (SSSR count). The first-order valence-electron chi connectivity index (χ1n) is 12.2. The first kappa shape index (κ1) is 27.8. The molecule has 0 aliphatic rings. The van der Waals surface area contributed by atoms with Gasteiger partial charge in [-0.1, -0.05) is 30.0 Å². The molecule has 210 valence electrons. The smallest absolute Gasteiger partial charge is 0.462 e. The zero-order valence-corrected chi connectivity index (χ0v) is 22.1. The van der Waals surface area contributed by atoms with Crippen LogP contribution in [-0.2, 0) is 9.53 Å². The van der Waals surface area contributed by atoms with Gasteiger partial charge in [-0.15, -0.1) is 13.2 Å². The Bertz CT molecular complexity index is 1800. The Labute approximate surface area is 234 Å². The molecule has 3 aromatic carbocycles. The van der Waals surface area contributed by atoms with Crippen molar-refractivity contribution in [3.8, 4) is 11.4 Å². The van der Waals surface area contributed by atoms with Crippen molar-refractivity contribution in [1.29, 1.82) is 0 Å². The summed E-state index contributed by atoms with van der Waals surface area (Å²) in [4.78, 5) is 46.0. The maximum Gasteiger partial charge on any atom is 0.573 e. The lowest BCUT2D eigenvalue weighted by atomic mass is 10.2. The van der Waals surface area contributed by atoms with E-state index in [2.05, 4.69) is 20.0 Å². The van der Waals surface area contributed by atoms with Crippen molar-refractivity contribution < 1.29 is 32.2 Å². The predicted octanol–water partition coefficient (Wildman–Crippen LogP) is 5.67. The van der Waals surface area contributed by atoms with Crippen LogP contribution < -0.4 is 15.6 Å². The Morgan fingerprint density at radius 3 is 2.41 bits per heavy atom. The van der Waals surface area contributed by atoms with Crippen LogP contribution in [-0.4, -0.2) is 45.1 Å². The molecule has 0 bridgehead atoms. The largest absolute Gasteiger partial charge is 0.573 e. The number of H-pyrrole nitrogens is 1. The monoisotopic (exact) mass is 582 g/mol. The zero-order valence-electron chi connectivity index (χ0n) is 21.3. The average molecular weight is 583 g/mol. The minimum Gasteiger partial charge on any atom is -0.462 e. The fraction of sp³-hybridized carbons (Fsp3) is 0.143. The summed E-state index contributed by atoms with van der Waals surface area (Å²) in [6.07, 6.45) is -4.86. The lowest BCUT2D eigenvalue weighted by Gasteiger charge is -2.14. The van der Waals surface area contributed by atoms with E-state index in [0.29, 0.717) is 27.7 Å². The van der Waals surface area contributed by atoms with Crippen LogP contribution in [0.15, 0.2) is 82.7 Å². The van der Waals surface area contributed by atoms with Crippen LogP contribution in [0.1, 0.15) is 17.3 Å². The molecule has 1 amide bonds. The number of nitrogens with zero attached hydrogens (tertiary/aromatic N) is 2. The molecule has 41 heavy (non-hydrogen) atoms. The SMILES string of the molecule is CCOC(=O)c1ccc(NC(=O)CSc2nc3c([nH]c4ccccc43)c(=O)n2-c2ccc(OC(F)(F)F)cc2)cc1. The topological polar surface area (TPSA) is 115 Å². The van der Waals surface area contributed by atoms with Crippen LogP contribution in [0.3, 0.4) is 0 Å². The molecule has 0 aliphatic heterocycles. The van der Waals surface area contributed by atoms with E-state index < -0.39 is 29.5 Å². The summed E-state index contributed by atoms with van der Waals surface area (Å²) in [5, 5.41) is 3.58. The summed E-state index contributed by atoms with van der Waals surface area (Å²) in [5.41, 5.74) is 1.81. The number of carbonyl (C=O) groups is 2. The second-order valence-corrected chi connectivity index (χ2v) is 9.55. The lowest BCUT2D eigenvalue weighted by molar-refractivity contribution is -0.274. The molecule has 2 N–H and O–H groups in total. The van der Waals surface area contributed by atoms with Gasteiger partial charge in [-0.05, 0) is 61.5 Å². The first-order valence-corrected chi connectivity index (χ1v) is 13.2. The molecule has 0 radical (unpaired) electrons. The molecule has 0 saturated carbocycles. The van der Waals surface area contributed by atoms with E-state index in [0.717, 1.165) is 23.9 Å². The van der Waals surface area contributed by atoms with Crippen LogP contribution in [0.4, 0.5) is 18.9 Å². The van der Waals surface area contributed by atoms with E-state index in [1.165, 1.54) is 28.8 Å². The Kier molecular flexibility index (Phi) is 7.70. The van der Waals surface area contributed by atoms with Crippen LogP contribution in [0.2, 0.25) is 0 Å². The van der Waals surface area contributed by atoms with Crippen molar-refractivity contribution in [1.82, 2.24) is 14.5 Å². The summed E-state index contributed by atoms with van der Waals surface area (Å²) in [6.45, 7) is 1.94. The number of alkyl halides is 3. The van der Waals surface area contributed by atoms with Crippen molar-refractivity contribution in [3.63, 3.8) is 0 Å². The number of halogens is 3. The minimum absolute atomic E-state index is 0.144. The zero-order chi connectivity index (χ0) is 29.1. The quantitative estimate of drug-likeness (QED) is 0.138. The number of nitrogens with one attached hydrogen (secondary N) is 2. The molecule has 0 unspecified atom stereocenters.